The van der Waals surface area contributed by atoms with Gasteiger partial charge in [0.2, 0.25) is 0 Å². The summed E-state index contributed by atoms with van der Waals surface area (Å²) in [5.74, 6) is 0.225. The third-order valence-corrected chi connectivity index (χ3v) is 3.93. The van der Waals surface area contributed by atoms with Crippen LogP contribution in [0.5, 0.6) is 5.75 Å². The first-order valence-electron chi connectivity index (χ1n) is 6.38. The fourth-order valence-corrected chi connectivity index (χ4v) is 2.79. The molecule has 0 aliphatic heterocycles. The lowest BCUT2D eigenvalue weighted by molar-refractivity contribution is -0.153. The second-order valence-electron chi connectivity index (χ2n) is 4.75. The Morgan fingerprint density at radius 2 is 1.81 bits per heavy atom. The molecule has 0 radical (unpaired) electrons. The van der Waals surface area contributed by atoms with Gasteiger partial charge in [0, 0.05) is 9.79 Å². The Kier molecular flexibility index (Phi) is 4.83. The van der Waals surface area contributed by atoms with Gasteiger partial charge < -0.3 is 4.74 Å². The third kappa shape index (κ3) is 5.01. The fourth-order valence-electron chi connectivity index (χ4n) is 1.74. The minimum Gasteiger partial charge on any atom is -0.484 e. The van der Waals surface area contributed by atoms with E-state index in [4.69, 9.17) is 4.74 Å². The number of ether oxygens (including phenoxy) is 1. The standard InChI is InChI=1S/C16H15F3OS/c1-11-6-7-12(2)15(8-11)21-14-5-3-4-13(9-14)20-10-16(17,18)19/h3-9H,10H2,1-2H3. The van der Waals surface area contributed by atoms with Crippen molar-refractivity contribution in [3.05, 3.63) is 53.6 Å². The molecular formula is C16H15F3OS. The van der Waals surface area contributed by atoms with Crippen molar-refractivity contribution in [2.24, 2.45) is 0 Å². The summed E-state index contributed by atoms with van der Waals surface area (Å²) >= 11 is 1.51. The summed E-state index contributed by atoms with van der Waals surface area (Å²) in [5.41, 5.74) is 2.28. The van der Waals surface area contributed by atoms with Crippen molar-refractivity contribution in [2.75, 3.05) is 6.61 Å². The first-order chi connectivity index (χ1) is 9.83. The number of rotatable bonds is 4. The zero-order valence-corrected chi connectivity index (χ0v) is 12.5. The van der Waals surface area contributed by atoms with Crippen molar-refractivity contribution >= 4 is 11.8 Å². The van der Waals surface area contributed by atoms with Crippen LogP contribution in [0.1, 0.15) is 11.1 Å². The first-order valence-corrected chi connectivity index (χ1v) is 7.20. The van der Waals surface area contributed by atoms with Gasteiger partial charge in [-0.15, -0.1) is 0 Å². The van der Waals surface area contributed by atoms with E-state index >= 15 is 0 Å². The van der Waals surface area contributed by atoms with Crippen LogP contribution in [0.4, 0.5) is 13.2 Å². The number of aryl methyl sites for hydroxylation is 2. The third-order valence-electron chi connectivity index (χ3n) is 2.78. The Hall–Kier alpha value is -1.62. The highest BCUT2D eigenvalue weighted by atomic mass is 32.2. The highest BCUT2D eigenvalue weighted by Crippen LogP contribution is 2.33. The van der Waals surface area contributed by atoms with E-state index in [1.165, 1.54) is 17.8 Å². The van der Waals surface area contributed by atoms with Crippen LogP contribution in [0.25, 0.3) is 0 Å². The Morgan fingerprint density at radius 3 is 2.52 bits per heavy atom. The van der Waals surface area contributed by atoms with E-state index in [0.717, 1.165) is 20.9 Å². The van der Waals surface area contributed by atoms with Gasteiger partial charge in [-0.25, -0.2) is 0 Å². The van der Waals surface area contributed by atoms with Gasteiger partial charge in [0.05, 0.1) is 0 Å². The lowest BCUT2D eigenvalue weighted by atomic mass is 10.2. The van der Waals surface area contributed by atoms with Crippen molar-refractivity contribution in [3.8, 4) is 5.75 Å². The number of benzene rings is 2. The highest BCUT2D eigenvalue weighted by molar-refractivity contribution is 7.99. The maximum atomic E-state index is 12.2. The molecule has 21 heavy (non-hydrogen) atoms. The van der Waals surface area contributed by atoms with Crippen LogP contribution in [0.3, 0.4) is 0 Å². The van der Waals surface area contributed by atoms with E-state index in [1.807, 2.05) is 32.0 Å². The molecule has 0 bridgehead atoms. The summed E-state index contributed by atoms with van der Waals surface area (Å²) in [6.07, 6.45) is -4.32. The molecule has 2 rings (SSSR count). The molecule has 0 amide bonds. The number of alkyl halides is 3. The summed E-state index contributed by atoms with van der Waals surface area (Å²) in [5, 5.41) is 0. The molecule has 0 aromatic heterocycles. The van der Waals surface area contributed by atoms with Crippen LogP contribution >= 0.6 is 11.8 Å². The molecule has 0 unspecified atom stereocenters. The molecule has 2 aromatic rings. The van der Waals surface area contributed by atoms with Gasteiger partial charge in [-0.3, -0.25) is 0 Å². The number of hydrogen-bond donors (Lipinski definition) is 0. The van der Waals surface area contributed by atoms with Crippen LogP contribution in [0.15, 0.2) is 52.3 Å². The van der Waals surface area contributed by atoms with Gasteiger partial charge in [-0.2, -0.15) is 13.2 Å². The topological polar surface area (TPSA) is 9.23 Å². The molecular weight excluding hydrogens is 297 g/mol. The van der Waals surface area contributed by atoms with Gasteiger partial charge >= 0.3 is 6.18 Å². The van der Waals surface area contributed by atoms with Gasteiger partial charge in [-0.1, -0.05) is 30.0 Å². The van der Waals surface area contributed by atoms with Crippen LogP contribution < -0.4 is 4.74 Å². The smallest absolute Gasteiger partial charge is 0.422 e. The van der Waals surface area contributed by atoms with Gasteiger partial charge in [-0.05, 0) is 49.2 Å². The van der Waals surface area contributed by atoms with E-state index in [-0.39, 0.29) is 5.75 Å². The van der Waals surface area contributed by atoms with Crippen LogP contribution in [-0.2, 0) is 0 Å². The molecule has 0 aliphatic rings. The molecule has 1 nitrogen and oxygen atoms in total. The van der Waals surface area contributed by atoms with Crippen LogP contribution in [0, 0.1) is 13.8 Å². The summed E-state index contributed by atoms with van der Waals surface area (Å²) in [4.78, 5) is 1.94. The Bertz CT molecular complexity index is 623. The number of halogens is 3. The summed E-state index contributed by atoms with van der Waals surface area (Å²) in [6.45, 7) is 2.74. The summed E-state index contributed by atoms with van der Waals surface area (Å²) in [7, 11) is 0. The monoisotopic (exact) mass is 312 g/mol. The van der Waals surface area contributed by atoms with Crippen molar-refractivity contribution in [1.82, 2.24) is 0 Å². The van der Waals surface area contributed by atoms with E-state index < -0.39 is 12.8 Å². The van der Waals surface area contributed by atoms with Gasteiger partial charge in [0.1, 0.15) is 5.75 Å². The first kappa shape index (κ1) is 15.8. The molecule has 0 spiro atoms. The lowest BCUT2D eigenvalue weighted by Crippen LogP contribution is -2.19. The minimum absolute atomic E-state index is 0.225. The predicted octanol–water partition coefficient (Wildman–Crippen LogP) is 5.40. The minimum atomic E-state index is -4.32. The molecule has 0 atom stereocenters. The highest BCUT2D eigenvalue weighted by Gasteiger charge is 2.28. The summed E-state index contributed by atoms with van der Waals surface area (Å²) in [6, 6.07) is 12.8. The molecule has 0 saturated heterocycles. The summed E-state index contributed by atoms with van der Waals surface area (Å²) < 4.78 is 41.2. The van der Waals surface area contributed by atoms with Crippen LogP contribution in [-0.4, -0.2) is 12.8 Å². The van der Waals surface area contributed by atoms with E-state index in [1.54, 1.807) is 12.1 Å². The lowest BCUT2D eigenvalue weighted by Gasteiger charge is -2.11. The average molecular weight is 312 g/mol. The van der Waals surface area contributed by atoms with Crippen molar-refractivity contribution < 1.29 is 17.9 Å². The van der Waals surface area contributed by atoms with Crippen molar-refractivity contribution in [3.63, 3.8) is 0 Å². The molecule has 0 saturated carbocycles. The molecule has 112 valence electrons. The second kappa shape index (κ2) is 6.43. The maximum Gasteiger partial charge on any atom is 0.422 e. The normalized spacial score (nSPS) is 11.5. The van der Waals surface area contributed by atoms with E-state index in [2.05, 4.69) is 6.07 Å². The van der Waals surface area contributed by atoms with Crippen LogP contribution in [0.2, 0.25) is 0 Å². The zero-order chi connectivity index (χ0) is 15.5. The fraction of sp³-hybridized carbons (Fsp3) is 0.250. The zero-order valence-electron chi connectivity index (χ0n) is 11.7. The maximum absolute atomic E-state index is 12.2. The molecule has 0 fully saturated rings. The van der Waals surface area contributed by atoms with Crippen molar-refractivity contribution in [2.45, 2.75) is 29.8 Å². The average Bonchev–Trinajstić information content (AvgIpc) is 2.40. The van der Waals surface area contributed by atoms with Gasteiger partial charge in [0.25, 0.3) is 0 Å². The Morgan fingerprint density at radius 1 is 1.05 bits per heavy atom. The second-order valence-corrected chi connectivity index (χ2v) is 5.87. The molecule has 5 heteroatoms. The number of hydrogen-bond acceptors (Lipinski definition) is 2. The van der Waals surface area contributed by atoms with Crippen molar-refractivity contribution in [1.29, 1.82) is 0 Å². The molecule has 2 aromatic carbocycles. The quantitative estimate of drug-likeness (QED) is 0.748. The molecule has 0 heterocycles. The van der Waals surface area contributed by atoms with Gasteiger partial charge in [0.15, 0.2) is 6.61 Å². The predicted molar refractivity (Wildman–Crippen MR) is 78.0 cm³/mol. The SMILES string of the molecule is Cc1ccc(C)c(Sc2cccc(OCC(F)(F)F)c2)c1. The van der Waals surface area contributed by atoms with E-state index in [9.17, 15) is 13.2 Å². The Labute approximate surface area is 126 Å². The molecule has 0 N–H and O–H groups in total. The largest absolute Gasteiger partial charge is 0.484 e. The van der Waals surface area contributed by atoms with E-state index in [0.29, 0.717) is 0 Å². The molecule has 0 aliphatic carbocycles. The Balaban J connectivity index is 2.12.